The Kier molecular flexibility index (Phi) is 5.34. The van der Waals surface area contributed by atoms with Gasteiger partial charge in [0, 0.05) is 0 Å². The van der Waals surface area contributed by atoms with Crippen LogP contribution in [0.2, 0.25) is 0 Å². The third-order valence-electron chi connectivity index (χ3n) is 2.09. The fourth-order valence-corrected chi connectivity index (χ4v) is 1.24. The van der Waals surface area contributed by atoms with Gasteiger partial charge in [0.2, 0.25) is 0 Å². The van der Waals surface area contributed by atoms with E-state index in [2.05, 4.69) is 5.48 Å². The Morgan fingerprint density at radius 2 is 2.06 bits per heavy atom. The third kappa shape index (κ3) is 3.89. The monoisotopic (exact) mass is 220 g/mol. The molecule has 0 saturated heterocycles. The zero-order valence-electron chi connectivity index (χ0n) is 9.56. The lowest BCUT2D eigenvalue weighted by Crippen LogP contribution is -2.18. The first kappa shape index (κ1) is 12.5. The summed E-state index contributed by atoms with van der Waals surface area (Å²) < 4.78 is 5.16. The van der Waals surface area contributed by atoms with Crippen molar-refractivity contribution in [3.05, 3.63) is 29.8 Å². The number of rotatable bonds is 6. The summed E-state index contributed by atoms with van der Waals surface area (Å²) in [6.45, 7) is 4.65. The van der Waals surface area contributed by atoms with Crippen LogP contribution < -0.4 is 10.2 Å². The molecule has 0 radical (unpaired) electrons. The molecule has 0 aliphatic heterocycles. The number of hydrogen-bond acceptors (Lipinski definition) is 4. The zero-order valence-corrected chi connectivity index (χ0v) is 9.56. The van der Waals surface area contributed by atoms with Crippen molar-refractivity contribution in [3.63, 3.8) is 0 Å². The molecule has 0 heterocycles. The summed E-state index contributed by atoms with van der Waals surface area (Å²) in [4.78, 5) is 5.12. The Morgan fingerprint density at radius 3 is 2.62 bits per heavy atom. The molecule has 0 amide bonds. The van der Waals surface area contributed by atoms with Gasteiger partial charge in [0.25, 0.3) is 0 Å². The van der Waals surface area contributed by atoms with E-state index in [4.69, 9.17) is 14.8 Å². The van der Waals surface area contributed by atoms with Crippen LogP contribution in [0.5, 0.6) is 5.75 Å². The van der Waals surface area contributed by atoms with Crippen LogP contribution in [0.3, 0.4) is 0 Å². The van der Waals surface area contributed by atoms with Crippen LogP contribution in [-0.2, 0) is 4.84 Å². The summed E-state index contributed by atoms with van der Waals surface area (Å²) in [5, 5.41) is 8.37. The van der Waals surface area contributed by atoms with E-state index in [1.54, 1.807) is 0 Å². The Bertz CT molecular complexity index is 343. The molecular formula is C12H16N2O2. The maximum Gasteiger partial charge on any atom is 0.174 e. The van der Waals surface area contributed by atoms with Gasteiger partial charge < -0.3 is 9.57 Å². The van der Waals surface area contributed by atoms with Crippen LogP contribution in [0.15, 0.2) is 24.3 Å². The first-order valence-electron chi connectivity index (χ1n) is 5.25. The molecule has 0 bridgehead atoms. The number of nitriles is 1. The minimum Gasteiger partial charge on any atom is -0.479 e. The van der Waals surface area contributed by atoms with Crippen molar-refractivity contribution >= 4 is 0 Å². The molecule has 0 aliphatic carbocycles. The number of hydroxylamine groups is 1. The highest BCUT2D eigenvalue weighted by Gasteiger charge is 2.04. The molecule has 1 N–H and O–H groups in total. The molecule has 0 aliphatic rings. The summed E-state index contributed by atoms with van der Waals surface area (Å²) in [6.07, 6.45) is 0. The van der Waals surface area contributed by atoms with E-state index in [9.17, 15) is 0 Å². The molecule has 4 heteroatoms. The molecule has 1 rings (SSSR count). The molecule has 4 nitrogen and oxygen atoms in total. The van der Waals surface area contributed by atoms with E-state index >= 15 is 0 Å². The van der Waals surface area contributed by atoms with Crippen LogP contribution in [0, 0.1) is 11.3 Å². The van der Waals surface area contributed by atoms with E-state index in [-0.39, 0.29) is 12.6 Å². The van der Waals surface area contributed by atoms with E-state index in [0.29, 0.717) is 12.4 Å². The summed E-state index contributed by atoms with van der Waals surface area (Å²) in [5.74, 6) is 0.703. The van der Waals surface area contributed by atoms with Crippen molar-refractivity contribution < 1.29 is 9.57 Å². The van der Waals surface area contributed by atoms with Crippen LogP contribution in [0.4, 0.5) is 0 Å². The van der Waals surface area contributed by atoms with E-state index < -0.39 is 0 Å². The van der Waals surface area contributed by atoms with Crippen molar-refractivity contribution in [1.29, 1.82) is 5.26 Å². The number of nitrogens with zero attached hydrogens (tertiary/aromatic N) is 1. The number of hydrogen-bond donors (Lipinski definition) is 1. The first-order valence-corrected chi connectivity index (χ1v) is 5.25. The molecule has 0 aromatic heterocycles. The lowest BCUT2D eigenvalue weighted by atomic mass is 10.1. The molecule has 0 spiro atoms. The van der Waals surface area contributed by atoms with E-state index in [1.807, 2.05) is 44.2 Å². The van der Waals surface area contributed by atoms with E-state index in [0.717, 1.165) is 5.56 Å². The lowest BCUT2D eigenvalue weighted by Gasteiger charge is -2.13. The minimum atomic E-state index is 0.0755. The summed E-state index contributed by atoms with van der Waals surface area (Å²) >= 11 is 0. The maximum absolute atomic E-state index is 8.37. The van der Waals surface area contributed by atoms with Crippen molar-refractivity contribution in [3.8, 4) is 11.8 Å². The van der Waals surface area contributed by atoms with Gasteiger partial charge in [-0.3, -0.25) is 0 Å². The van der Waals surface area contributed by atoms with Crippen molar-refractivity contribution in [2.75, 3.05) is 13.2 Å². The van der Waals surface area contributed by atoms with Gasteiger partial charge in [0.05, 0.1) is 12.6 Å². The topological polar surface area (TPSA) is 54.3 Å². The molecule has 1 aromatic rings. The molecule has 1 aromatic carbocycles. The number of nitrogens with one attached hydrogen (secondary N) is 1. The Hall–Kier alpha value is -1.57. The maximum atomic E-state index is 8.37. The van der Waals surface area contributed by atoms with Crippen molar-refractivity contribution in [1.82, 2.24) is 5.48 Å². The van der Waals surface area contributed by atoms with Crippen molar-refractivity contribution in [2.24, 2.45) is 0 Å². The molecule has 86 valence electrons. The second-order valence-electron chi connectivity index (χ2n) is 3.29. The Labute approximate surface area is 95.7 Å². The average molecular weight is 220 g/mol. The standard InChI is InChI=1S/C12H16N2O2/c1-3-16-14-10(2)11-4-6-12(7-5-11)15-9-8-13/h4-7,10,14H,3,9H2,1-2H3. The summed E-state index contributed by atoms with van der Waals surface area (Å²) in [7, 11) is 0. The van der Waals surface area contributed by atoms with Crippen LogP contribution in [0.25, 0.3) is 0 Å². The predicted octanol–water partition coefficient (Wildman–Crippen LogP) is 2.19. The van der Waals surface area contributed by atoms with Crippen LogP contribution >= 0.6 is 0 Å². The normalized spacial score (nSPS) is 11.8. The van der Waals surface area contributed by atoms with Crippen molar-refractivity contribution in [2.45, 2.75) is 19.9 Å². The van der Waals surface area contributed by atoms with Gasteiger partial charge in [-0.05, 0) is 31.5 Å². The van der Waals surface area contributed by atoms with Gasteiger partial charge in [-0.15, -0.1) is 0 Å². The fourth-order valence-electron chi connectivity index (χ4n) is 1.24. The summed E-state index contributed by atoms with van der Waals surface area (Å²) in [5.41, 5.74) is 4.03. The van der Waals surface area contributed by atoms with Crippen LogP contribution in [0.1, 0.15) is 25.5 Å². The Morgan fingerprint density at radius 1 is 1.38 bits per heavy atom. The largest absolute Gasteiger partial charge is 0.479 e. The predicted molar refractivity (Wildman–Crippen MR) is 60.7 cm³/mol. The first-order chi connectivity index (χ1) is 7.77. The molecular weight excluding hydrogens is 204 g/mol. The smallest absolute Gasteiger partial charge is 0.174 e. The quantitative estimate of drug-likeness (QED) is 0.747. The zero-order chi connectivity index (χ0) is 11.8. The molecule has 1 unspecified atom stereocenters. The van der Waals surface area contributed by atoms with Gasteiger partial charge in [-0.2, -0.15) is 10.7 Å². The van der Waals surface area contributed by atoms with Gasteiger partial charge >= 0.3 is 0 Å². The van der Waals surface area contributed by atoms with E-state index in [1.165, 1.54) is 0 Å². The molecule has 0 saturated carbocycles. The molecule has 1 atom stereocenters. The second-order valence-corrected chi connectivity index (χ2v) is 3.29. The SMILES string of the molecule is CCONC(C)c1ccc(OCC#N)cc1. The fraction of sp³-hybridized carbons (Fsp3) is 0.417. The number of benzene rings is 1. The van der Waals surface area contributed by atoms with Gasteiger partial charge in [-0.1, -0.05) is 12.1 Å². The second kappa shape index (κ2) is 6.83. The highest BCUT2D eigenvalue weighted by atomic mass is 16.6. The van der Waals surface area contributed by atoms with Crippen LogP contribution in [-0.4, -0.2) is 13.2 Å². The van der Waals surface area contributed by atoms with Gasteiger partial charge in [-0.25, -0.2) is 0 Å². The average Bonchev–Trinajstić information content (AvgIpc) is 2.34. The highest BCUT2D eigenvalue weighted by Crippen LogP contribution is 2.17. The molecule has 0 fully saturated rings. The Balaban J connectivity index is 2.53. The summed E-state index contributed by atoms with van der Waals surface area (Å²) in [6, 6.07) is 9.64. The third-order valence-corrected chi connectivity index (χ3v) is 2.09. The molecule has 16 heavy (non-hydrogen) atoms. The lowest BCUT2D eigenvalue weighted by molar-refractivity contribution is 0.0285. The minimum absolute atomic E-state index is 0.0755. The van der Waals surface area contributed by atoms with Gasteiger partial charge in [0.15, 0.2) is 6.61 Å². The highest BCUT2D eigenvalue weighted by molar-refractivity contribution is 5.28. The number of ether oxygens (including phenoxy) is 1. The van der Waals surface area contributed by atoms with Gasteiger partial charge in [0.1, 0.15) is 11.8 Å².